The zero-order valence-electron chi connectivity index (χ0n) is 21.0. The average molecular weight is 500 g/mol. The quantitative estimate of drug-likeness (QED) is 0.308. The molecule has 0 spiro atoms. The van der Waals surface area contributed by atoms with Gasteiger partial charge in [-0.2, -0.15) is 0 Å². The second-order valence-corrected chi connectivity index (χ2v) is 8.68. The van der Waals surface area contributed by atoms with Gasteiger partial charge >= 0.3 is 11.9 Å². The van der Waals surface area contributed by atoms with Gasteiger partial charge in [0, 0.05) is 11.3 Å². The number of hydrogen-bond acceptors (Lipinski definition) is 7. The second-order valence-electron chi connectivity index (χ2n) is 8.68. The number of rotatable bonds is 8. The third-order valence-corrected chi connectivity index (χ3v) is 6.04. The zero-order valence-corrected chi connectivity index (χ0v) is 21.0. The summed E-state index contributed by atoms with van der Waals surface area (Å²) in [5.41, 5.74) is 9.63. The first-order chi connectivity index (χ1) is 17.8. The van der Waals surface area contributed by atoms with E-state index in [0.717, 1.165) is 5.56 Å². The number of ether oxygens (including phenoxy) is 2. The Morgan fingerprint density at radius 1 is 0.919 bits per heavy atom. The van der Waals surface area contributed by atoms with Crippen LogP contribution in [0.2, 0.25) is 0 Å². The molecule has 0 saturated carbocycles. The summed E-state index contributed by atoms with van der Waals surface area (Å²) >= 11 is 0. The smallest absolute Gasteiger partial charge is 0.338 e. The van der Waals surface area contributed by atoms with Crippen LogP contribution in [0.5, 0.6) is 0 Å². The average Bonchev–Trinajstić information content (AvgIpc) is 3.23. The van der Waals surface area contributed by atoms with Crippen LogP contribution in [-0.4, -0.2) is 31.1 Å². The predicted octanol–water partition coefficient (Wildman–Crippen LogP) is 4.53. The van der Waals surface area contributed by atoms with E-state index >= 15 is 0 Å². The SMILES string of the molecule is CCOC(=O)c1ccc2c(c1)NC(=O)/C2=C(/Nc1ccc(C(C)(N)C(=O)OCC)cc1)c1ccccc1. The number of carbonyl (C=O) groups is 3. The van der Waals surface area contributed by atoms with Crippen molar-refractivity contribution in [3.8, 4) is 0 Å². The third-order valence-electron chi connectivity index (χ3n) is 6.04. The highest BCUT2D eigenvalue weighted by Crippen LogP contribution is 2.38. The van der Waals surface area contributed by atoms with Crippen LogP contribution in [0.4, 0.5) is 11.4 Å². The lowest BCUT2D eigenvalue weighted by molar-refractivity contribution is -0.149. The van der Waals surface area contributed by atoms with E-state index in [-0.39, 0.29) is 19.1 Å². The number of esters is 2. The molecule has 0 bridgehead atoms. The number of benzene rings is 3. The summed E-state index contributed by atoms with van der Waals surface area (Å²) in [6.45, 7) is 5.58. The number of carbonyl (C=O) groups excluding carboxylic acids is 3. The van der Waals surface area contributed by atoms with E-state index in [4.69, 9.17) is 15.2 Å². The molecule has 3 aromatic carbocycles. The molecule has 1 unspecified atom stereocenters. The normalized spacial score (nSPS) is 15.2. The maximum atomic E-state index is 13.2. The Morgan fingerprint density at radius 3 is 2.24 bits per heavy atom. The number of fused-ring (bicyclic) bond motifs is 1. The van der Waals surface area contributed by atoms with Gasteiger partial charge in [-0.3, -0.25) is 4.79 Å². The highest BCUT2D eigenvalue weighted by Gasteiger charge is 2.32. The fourth-order valence-corrected chi connectivity index (χ4v) is 4.09. The topological polar surface area (TPSA) is 120 Å². The van der Waals surface area contributed by atoms with Crippen molar-refractivity contribution in [1.82, 2.24) is 0 Å². The summed E-state index contributed by atoms with van der Waals surface area (Å²) in [7, 11) is 0. The van der Waals surface area contributed by atoms with Crippen molar-refractivity contribution in [2.24, 2.45) is 5.73 Å². The van der Waals surface area contributed by atoms with Crippen LogP contribution < -0.4 is 16.4 Å². The van der Waals surface area contributed by atoms with E-state index in [1.165, 1.54) is 0 Å². The van der Waals surface area contributed by atoms with Crippen molar-refractivity contribution in [2.75, 3.05) is 23.8 Å². The largest absolute Gasteiger partial charge is 0.464 e. The van der Waals surface area contributed by atoms with Crippen molar-refractivity contribution in [3.63, 3.8) is 0 Å². The molecule has 4 rings (SSSR count). The van der Waals surface area contributed by atoms with Gasteiger partial charge < -0.3 is 25.8 Å². The summed E-state index contributed by atoms with van der Waals surface area (Å²) in [5, 5.41) is 6.23. The molecule has 0 aliphatic carbocycles. The monoisotopic (exact) mass is 499 g/mol. The summed E-state index contributed by atoms with van der Waals surface area (Å²) < 4.78 is 10.2. The molecule has 0 radical (unpaired) electrons. The van der Waals surface area contributed by atoms with Crippen LogP contribution in [0.15, 0.2) is 72.8 Å². The van der Waals surface area contributed by atoms with Gasteiger partial charge in [-0.15, -0.1) is 0 Å². The minimum Gasteiger partial charge on any atom is -0.464 e. The van der Waals surface area contributed by atoms with E-state index in [2.05, 4.69) is 10.6 Å². The maximum absolute atomic E-state index is 13.2. The predicted molar refractivity (Wildman–Crippen MR) is 143 cm³/mol. The molecular weight excluding hydrogens is 470 g/mol. The Hall–Kier alpha value is -4.43. The molecule has 1 heterocycles. The van der Waals surface area contributed by atoms with Crippen molar-refractivity contribution < 1.29 is 23.9 Å². The van der Waals surface area contributed by atoms with E-state index in [9.17, 15) is 14.4 Å². The lowest BCUT2D eigenvalue weighted by Gasteiger charge is -2.23. The summed E-state index contributed by atoms with van der Waals surface area (Å²) in [6, 6.07) is 21.6. The van der Waals surface area contributed by atoms with Crippen LogP contribution in [0.25, 0.3) is 11.3 Å². The van der Waals surface area contributed by atoms with Crippen molar-refractivity contribution in [1.29, 1.82) is 0 Å². The van der Waals surface area contributed by atoms with E-state index in [1.54, 1.807) is 63.2 Å². The first kappa shape index (κ1) is 25.7. The van der Waals surface area contributed by atoms with E-state index in [1.807, 2.05) is 30.3 Å². The highest BCUT2D eigenvalue weighted by atomic mass is 16.5. The first-order valence-electron chi connectivity index (χ1n) is 12.0. The maximum Gasteiger partial charge on any atom is 0.338 e. The van der Waals surface area contributed by atoms with E-state index < -0.39 is 17.5 Å². The second kappa shape index (κ2) is 10.7. The number of anilines is 2. The van der Waals surface area contributed by atoms with Crippen LogP contribution >= 0.6 is 0 Å². The molecule has 4 N–H and O–H groups in total. The summed E-state index contributed by atoms with van der Waals surface area (Å²) in [5.74, 6) is -1.26. The van der Waals surface area contributed by atoms with Crippen molar-refractivity contribution in [2.45, 2.75) is 26.3 Å². The third kappa shape index (κ3) is 5.24. The fourth-order valence-electron chi connectivity index (χ4n) is 4.09. The Labute approximate surface area is 215 Å². The Bertz CT molecular complexity index is 1360. The zero-order chi connectivity index (χ0) is 26.6. The standard InChI is InChI=1S/C29H29N3O5/c1-4-36-27(34)19-11-16-22-23(17-19)32-26(33)24(22)25(18-9-7-6-8-10-18)31-21-14-12-20(13-15-21)29(3,30)28(35)37-5-2/h6-17,31H,4-5,30H2,1-3H3,(H,32,33)/b25-24+. The van der Waals surface area contributed by atoms with Gasteiger partial charge in [0.25, 0.3) is 5.91 Å². The Balaban J connectivity index is 1.74. The molecular formula is C29H29N3O5. The van der Waals surface area contributed by atoms with Crippen LogP contribution in [-0.2, 0) is 24.6 Å². The number of nitrogens with two attached hydrogens (primary N) is 1. The first-order valence-corrected chi connectivity index (χ1v) is 12.0. The van der Waals surface area contributed by atoms with Crippen molar-refractivity contribution in [3.05, 3.63) is 95.1 Å². The van der Waals surface area contributed by atoms with Gasteiger partial charge in [-0.1, -0.05) is 48.5 Å². The van der Waals surface area contributed by atoms with Gasteiger partial charge in [0.1, 0.15) is 5.54 Å². The molecule has 1 atom stereocenters. The number of nitrogens with one attached hydrogen (secondary N) is 2. The highest BCUT2D eigenvalue weighted by molar-refractivity contribution is 6.37. The lowest BCUT2D eigenvalue weighted by atomic mass is 9.93. The molecule has 37 heavy (non-hydrogen) atoms. The number of hydrogen-bond donors (Lipinski definition) is 3. The van der Waals surface area contributed by atoms with Gasteiger partial charge in [-0.25, -0.2) is 9.59 Å². The van der Waals surface area contributed by atoms with Gasteiger partial charge in [0.15, 0.2) is 0 Å². The molecule has 0 saturated heterocycles. The molecule has 1 aliphatic rings. The molecule has 1 amide bonds. The van der Waals surface area contributed by atoms with Gasteiger partial charge in [0.05, 0.1) is 35.7 Å². The Morgan fingerprint density at radius 2 is 1.59 bits per heavy atom. The molecule has 190 valence electrons. The molecule has 3 aromatic rings. The Kier molecular flexibility index (Phi) is 7.40. The molecule has 1 aliphatic heterocycles. The minimum atomic E-state index is -1.30. The van der Waals surface area contributed by atoms with Crippen molar-refractivity contribution >= 4 is 40.5 Å². The molecule has 0 fully saturated rings. The van der Waals surface area contributed by atoms with Crippen LogP contribution in [0.1, 0.15) is 47.8 Å². The van der Waals surface area contributed by atoms with Crippen LogP contribution in [0, 0.1) is 0 Å². The van der Waals surface area contributed by atoms with Gasteiger partial charge in [0.2, 0.25) is 0 Å². The molecule has 8 nitrogen and oxygen atoms in total. The molecule has 8 heteroatoms. The van der Waals surface area contributed by atoms with E-state index in [0.29, 0.717) is 39.3 Å². The lowest BCUT2D eigenvalue weighted by Crippen LogP contribution is -2.43. The summed E-state index contributed by atoms with van der Waals surface area (Å²) in [6.07, 6.45) is 0. The minimum absolute atomic E-state index is 0.240. The van der Waals surface area contributed by atoms with Gasteiger partial charge in [-0.05, 0) is 56.2 Å². The summed E-state index contributed by atoms with van der Waals surface area (Å²) in [4.78, 5) is 37.7. The fraction of sp³-hybridized carbons (Fsp3) is 0.207. The number of amides is 1. The molecule has 0 aromatic heterocycles. The van der Waals surface area contributed by atoms with Crippen LogP contribution in [0.3, 0.4) is 0 Å².